The zero-order chi connectivity index (χ0) is 36.0. The van der Waals surface area contributed by atoms with Crippen LogP contribution in [-0.4, -0.2) is 13.7 Å². The van der Waals surface area contributed by atoms with Gasteiger partial charge in [-0.2, -0.15) is 0 Å². The van der Waals surface area contributed by atoms with Gasteiger partial charge in [0.15, 0.2) is 0 Å². The molecular weight excluding hydrogens is 667 g/mol. The Bertz CT molecular complexity index is 3480. The SMILES string of the molecule is c1ccc(-c2cccc(-n3c4ccccc4c4cc5c6ccccc6n(-c6ccc7c(c6)c6ccccc6n7-c6cccc7ccccc67)c5cc43)c2)cc1. The zero-order valence-corrected chi connectivity index (χ0v) is 29.9. The molecule has 0 aliphatic heterocycles. The molecule has 0 spiro atoms. The molecule has 3 nitrogen and oxygen atoms in total. The topological polar surface area (TPSA) is 14.8 Å². The molecule has 0 saturated heterocycles. The number of fused-ring (bicyclic) bond motifs is 10. The van der Waals surface area contributed by atoms with Crippen molar-refractivity contribution in [3.63, 3.8) is 0 Å². The van der Waals surface area contributed by atoms with E-state index in [1.165, 1.54) is 93.0 Å². The molecule has 0 bridgehead atoms. The third-order valence-corrected chi connectivity index (χ3v) is 11.6. The van der Waals surface area contributed by atoms with Crippen molar-refractivity contribution in [3.8, 4) is 28.2 Å². The smallest absolute Gasteiger partial charge is 0.0562 e. The Kier molecular flexibility index (Phi) is 6.34. The van der Waals surface area contributed by atoms with E-state index >= 15 is 0 Å². The summed E-state index contributed by atoms with van der Waals surface area (Å²) in [6.45, 7) is 0. The molecule has 0 unspecified atom stereocenters. The van der Waals surface area contributed by atoms with Gasteiger partial charge in [-0.1, -0.05) is 133 Å². The van der Waals surface area contributed by atoms with Crippen molar-refractivity contribution >= 4 is 76.2 Å². The van der Waals surface area contributed by atoms with Gasteiger partial charge < -0.3 is 13.7 Å². The standard InChI is InChI=1S/C52H33N3/c1-2-14-34(15-3-1)36-18-12-19-37(30-36)53-47-24-9-6-22-41(47)44-32-45-42-23-7-10-25-48(42)54(52(45)33-51(44)53)38-28-29-50-43(31-38)40-21-8-11-26-49(40)55(50)46-27-13-17-35-16-4-5-20-39(35)46/h1-33H. The molecule has 12 rings (SSSR count). The summed E-state index contributed by atoms with van der Waals surface area (Å²) < 4.78 is 7.35. The van der Waals surface area contributed by atoms with Gasteiger partial charge in [0.2, 0.25) is 0 Å². The van der Waals surface area contributed by atoms with Crippen molar-refractivity contribution < 1.29 is 0 Å². The second kappa shape index (κ2) is 11.6. The summed E-state index contributed by atoms with van der Waals surface area (Å²) in [5.41, 5.74) is 13.1. The summed E-state index contributed by atoms with van der Waals surface area (Å²) in [6.07, 6.45) is 0. The summed E-state index contributed by atoms with van der Waals surface area (Å²) >= 11 is 0. The Morgan fingerprint density at radius 2 is 0.727 bits per heavy atom. The summed E-state index contributed by atoms with van der Waals surface area (Å²) in [5.74, 6) is 0. The fourth-order valence-electron chi connectivity index (χ4n) is 9.21. The monoisotopic (exact) mass is 699 g/mol. The maximum atomic E-state index is 2.47. The summed E-state index contributed by atoms with van der Waals surface area (Å²) in [5, 5.41) is 9.97. The van der Waals surface area contributed by atoms with Crippen molar-refractivity contribution in [1.29, 1.82) is 0 Å². The largest absolute Gasteiger partial charge is 0.309 e. The van der Waals surface area contributed by atoms with Gasteiger partial charge in [0.1, 0.15) is 0 Å². The van der Waals surface area contributed by atoms with Gasteiger partial charge in [0, 0.05) is 49.1 Å². The number of aromatic nitrogens is 3. The van der Waals surface area contributed by atoms with Gasteiger partial charge >= 0.3 is 0 Å². The zero-order valence-electron chi connectivity index (χ0n) is 29.9. The fourth-order valence-corrected chi connectivity index (χ4v) is 9.21. The van der Waals surface area contributed by atoms with Crippen molar-refractivity contribution in [2.45, 2.75) is 0 Å². The quantitative estimate of drug-likeness (QED) is 0.174. The molecule has 256 valence electrons. The van der Waals surface area contributed by atoms with Crippen LogP contribution in [0.15, 0.2) is 200 Å². The van der Waals surface area contributed by atoms with E-state index in [1.807, 2.05) is 0 Å². The van der Waals surface area contributed by atoms with Gasteiger partial charge in [-0.05, 0) is 83.2 Å². The number of rotatable bonds is 4. The number of benzene rings is 9. The summed E-state index contributed by atoms with van der Waals surface area (Å²) in [7, 11) is 0. The van der Waals surface area contributed by atoms with E-state index in [0.29, 0.717) is 0 Å². The molecule has 0 radical (unpaired) electrons. The van der Waals surface area contributed by atoms with E-state index in [2.05, 4.69) is 214 Å². The van der Waals surface area contributed by atoms with E-state index in [-0.39, 0.29) is 0 Å². The Hall–Kier alpha value is -7.36. The molecule has 0 fully saturated rings. The third kappa shape index (κ3) is 4.38. The van der Waals surface area contributed by atoms with Crippen molar-refractivity contribution in [2.24, 2.45) is 0 Å². The Morgan fingerprint density at radius 1 is 0.236 bits per heavy atom. The summed E-state index contributed by atoms with van der Waals surface area (Å²) in [6, 6.07) is 73.3. The fraction of sp³-hybridized carbons (Fsp3) is 0. The molecular formula is C52H33N3. The Labute approximate surface area is 317 Å². The van der Waals surface area contributed by atoms with Crippen LogP contribution in [-0.2, 0) is 0 Å². The number of para-hydroxylation sites is 3. The first-order chi connectivity index (χ1) is 27.3. The second-order valence-electron chi connectivity index (χ2n) is 14.6. The minimum Gasteiger partial charge on any atom is -0.309 e. The molecule has 3 aromatic heterocycles. The maximum Gasteiger partial charge on any atom is 0.0562 e. The van der Waals surface area contributed by atoms with Crippen molar-refractivity contribution in [2.75, 3.05) is 0 Å². The third-order valence-electron chi connectivity index (χ3n) is 11.6. The highest BCUT2D eigenvalue weighted by molar-refractivity contribution is 6.19. The highest BCUT2D eigenvalue weighted by atomic mass is 15.0. The first kappa shape index (κ1) is 30.1. The molecule has 0 amide bonds. The maximum absolute atomic E-state index is 2.47. The molecule has 0 saturated carbocycles. The molecule has 12 aromatic rings. The second-order valence-corrected chi connectivity index (χ2v) is 14.6. The molecule has 0 atom stereocenters. The minimum atomic E-state index is 1.15. The summed E-state index contributed by atoms with van der Waals surface area (Å²) in [4.78, 5) is 0. The average Bonchev–Trinajstić information content (AvgIpc) is 3.88. The predicted molar refractivity (Wildman–Crippen MR) is 232 cm³/mol. The van der Waals surface area contributed by atoms with Crippen LogP contribution < -0.4 is 0 Å². The molecule has 0 N–H and O–H groups in total. The molecule has 55 heavy (non-hydrogen) atoms. The molecule has 0 aliphatic rings. The van der Waals surface area contributed by atoms with Crippen LogP contribution in [0, 0.1) is 0 Å². The normalized spacial score (nSPS) is 12.0. The first-order valence-electron chi connectivity index (χ1n) is 18.9. The van der Waals surface area contributed by atoms with Crippen LogP contribution in [0.1, 0.15) is 0 Å². The van der Waals surface area contributed by atoms with E-state index in [1.54, 1.807) is 0 Å². The van der Waals surface area contributed by atoms with E-state index in [4.69, 9.17) is 0 Å². The van der Waals surface area contributed by atoms with Gasteiger partial charge in [-0.25, -0.2) is 0 Å². The van der Waals surface area contributed by atoms with E-state index in [0.717, 1.165) is 11.4 Å². The van der Waals surface area contributed by atoms with Gasteiger partial charge in [-0.15, -0.1) is 0 Å². The van der Waals surface area contributed by atoms with Crippen LogP contribution in [0.3, 0.4) is 0 Å². The van der Waals surface area contributed by atoms with Gasteiger partial charge in [0.25, 0.3) is 0 Å². The van der Waals surface area contributed by atoms with Crippen molar-refractivity contribution in [3.05, 3.63) is 200 Å². The van der Waals surface area contributed by atoms with Crippen molar-refractivity contribution in [1.82, 2.24) is 13.7 Å². The van der Waals surface area contributed by atoms with Crippen LogP contribution in [0.4, 0.5) is 0 Å². The average molecular weight is 700 g/mol. The lowest BCUT2D eigenvalue weighted by atomic mass is 10.1. The van der Waals surface area contributed by atoms with Crippen LogP contribution in [0.25, 0.3) is 104 Å². The predicted octanol–water partition coefficient (Wildman–Crippen LogP) is 13.8. The molecule has 3 heteroatoms. The molecule has 9 aromatic carbocycles. The van der Waals surface area contributed by atoms with E-state index in [9.17, 15) is 0 Å². The van der Waals surface area contributed by atoms with Gasteiger partial charge in [0.05, 0.1) is 38.8 Å². The minimum absolute atomic E-state index is 1.15. The highest BCUT2D eigenvalue weighted by Crippen LogP contribution is 2.42. The van der Waals surface area contributed by atoms with Crippen LogP contribution in [0.5, 0.6) is 0 Å². The lowest BCUT2D eigenvalue weighted by molar-refractivity contribution is 1.16. The molecule has 3 heterocycles. The van der Waals surface area contributed by atoms with Crippen LogP contribution >= 0.6 is 0 Å². The number of hydrogen-bond donors (Lipinski definition) is 0. The van der Waals surface area contributed by atoms with Gasteiger partial charge in [-0.3, -0.25) is 0 Å². The molecule has 0 aliphatic carbocycles. The van der Waals surface area contributed by atoms with E-state index < -0.39 is 0 Å². The number of hydrogen-bond acceptors (Lipinski definition) is 0. The number of nitrogens with zero attached hydrogens (tertiary/aromatic N) is 3. The lowest BCUT2D eigenvalue weighted by Crippen LogP contribution is -1.97. The lowest BCUT2D eigenvalue weighted by Gasteiger charge is -2.13. The van der Waals surface area contributed by atoms with Crippen LogP contribution in [0.2, 0.25) is 0 Å². The Balaban J connectivity index is 1.14. The first-order valence-corrected chi connectivity index (χ1v) is 18.9. The highest BCUT2D eigenvalue weighted by Gasteiger charge is 2.20. The Morgan fingerprint density at radius 3 is 1.42 bits per heavy atom.